The molecule has 0 saturated carbocycles. The van der Waals surface area contributed by atoms with E-state index in [0.29, 0.717) is 5.56 Å². The van der Waals surface area contributed by atoms with Crippen LogP contribution in [-0.2, 0) is 21.1 Å². The van der Waals surface area contributed by atoms with Gasteiger partial charge in [0.1, 0.15) is 5.75 Å². The lowest BCUT2D eigenvalue weighted by Gasteiger charge is -2.06. The summed E-state index contributed by atoms with van der Waals surface area (Å²) in [7, 11) is -3.72. The highest BCUT2D eigenvalue weighted by Gasteiger charge is 2.18. The molecule has 0 radical (unpaired) electrons. The summed E-state index contributed by atoms with van der Waals surface area (Å²) in [5.74, 6) is -1.05. The van der Waals surface area contributed by atoms with Crippen molar-refractivity contribution >= 4 is 15.8 Å². The molecule has 2 aromatic carbocycles. The number of aromatic hydroxyl groups is 1. The molecule has 0 atom stereocenters. The molecule has 0 spiro atoms. The van der Waals surface area contributed by atoms with Crippen LogP contribution in [0.4, 0.5) is 0 Å². The minimum absolute atomic E-state index is 0.0245. The van der Waals surface area contributed by atoms with E-state index in [9.17, 15) is 18.3 Å². The Hall–Kier alpha value is -2.34. The van der Waals surface area contributed by atoms with Crippen molar-refractivity contribution in [1.29, 1.82) is 0 Å². The molecule has 2 rings (SSSR count). The van der Waals surface area contributed by atoms with E-state index in [2.05, 4.69) is 0 Å². The third kappa shape index (κ3) is 2.97. The molecule has 0 bridgehead atoms. The Kier molecular flexibility index (Phi) is 3.76. The standard InChI is InChI=1S/C14H12O5S/c15-11-4-6-12(7-5-11)20(18,19)13-3-1-2-10(8-13)9-14(16)17/h1-8,15H,9H2,(H,16,17). The number of carbonyl (C=O) groups is 1. The van der Waals surface area contributed by atoms with Crippen molar-refractivity contribution in [3.8, 4) is 5.75 Å². The summed E-state index contributed by atoms with van der Waals surface area (Å²) in [6.45, 7) is 0. The van der Waals surface area contributed by atoms with E-state index in [1.807, 2.05) is 0 Å². The second-order valence-corrected chi connectivity index (χ2v) is 6.16. The van der Waals surface area contributed by atoms with Gasteiger partial charge in [0.15, 0.2) is 0 Å². The summed E-state index contributed by atoms with van der Waals surface area (Å²) in [5, 5.41) is 17.9. The quantitative estimate of drug-likeness (QED) is 0.897. The Morgan fingerprint density at radius 1 is 1.00 bits per heavy atom. The minimum Gasteiger partial charge on any atom is -0.508 e. The predicted octanol–water partition coefficient (Wildman–Crippen LogP) is 1.85. The van der Waals surface area contributed by atoms with Crippen molar-refractivity contribution in [3.05, 3.63) is 54.1 Å². The lowest BCUT2D eigenvalue weighted by atomic mass is 10.2. The molecule has 0 aliphatic heterocycles. The van der Waals surface area contributed by atoms with Gasteiger partial charge < -0.3 is 10.2 Å². The number of hydrogen-bond acceptors (Lipinski definition) is 4. The Morgan fingerprint density at radius 2 is 1.65 bits per heavy atom. The Balaban J connectivity index is 2.44. The van der Waals surface area contributed by atoms with E-state index in [4.69, 9.17) is 5.11 Å². The maximum absolute atomic E-state index is 12.4. The first-order chi connectivity index (χ1) is 9.39. The van der Waals surface area contributed by atoms with Gasteiger partial charge in [-0.15, -0.1) is 0 Å². The largest absolute Gasteiger partial charge is 0.508 e. The number of phenols is 1. The van der Waals surface area contributed by atoms with E-state index in [1.165, 1.54) is 42.5 Å². The van der Waals surface area contributed by atoms with Crippen molar-refractivity contribution in [3.63, 3.8) is 0 Å². The average Bonchev–Trinajstić information content (AvgIpc) is 2.39. The molecule has 5 nitrogen and oxygen atoms in total. The van der Waals surface area contributed by atoms with Gasteiger partial charge in [0.25, 0.3) is 0 Å². The van der Waals surface area contributed by atoms with Crippen LogP contribution in [0.3, 0.4) is 0 Å². The number of carboxylic acids is 1. The van der Waals surface area contributed by atoms with Crippen molar-refractivity contribution < 1.29 is 23.4 Å². The van der Waals surface area contributed by atoms with Gasteiger partial charge >= 0.3 is 5.97 Å². The first kappa shape index (κ1) is 14.1. The SMILES string of the molecule is O=C(O)Cc1cccc(S(=O)(=O)c2ccc(O)cc2)c1. The van der Waals surface area contributed by atoms with Crippen LogP contribution in [0, 0.1) is 0 Å². The minimum atomic E-state index is -3.72. The summed E-state index contributed by atoms with van der Waals surface area (Å²) in [6.07, 6.45) is -0.237. The number of benzene rings is 2. The number of sulfone groups is 1. The van der Waals surface area contributed by atoms with E-state index < -0.39 is 15.8 Å². The fourth-order valence-electron chi connectivity index (χ4n) is 1.76. The van der Waals surface area contributed by atoms with Crippen LogP contribution >= 0.6 is 0 Å². The van der Waals surface area contributed by atoms with Gasteiger partial charge in [-0.3, -0.25) is 4.79 Å². The Bertz CT molecular complexity index is 732. The molecule has 0 fully saturated rings. The lowest BCUT2D eigenvalue weighted by molar-refractivity contribution is -0.136. The number of phenolic OH excluding ortho intramolecular Hbond substituents is 1. The molecule has 2 N–H and O–H groups in total. The van der Waals surface area contributed by atoms with Crippen molar-refractivity contribution in [1.82, 2.24) is 0 Å². The topological polar surface area (TPSA) is 91.7 Å². The first-order valence-corrected chi connectivity index (χ1v) is 7.23. The van der Waals surface area contributed by atoms with E-state index >= 15 is 0 Å². The van der Waals surface area contributed by atoms with E-state index in [1.54, 1.807) is 6.07 Å². The highest BCUT2D eigenvalue weighted by Crippen LogP contribution is 2.23. The van der Waals surface area contributed by atoms with Crippen LogP contribution in [0.15, 0.2) is 58.3 Å². The Labute approximate surface area is 116 Å². The molecule has 0 heterocycles. The molecule has 0 unspecified atom stereocenters. The zero-order valence-corrected chi connectivity index (χ0v) is 11.2. The van der Waals surface area contributed by atoms with Crippen LogP contribution < -0.4 is 0 Å². The highest BCUT2D eigenvalue weighted by atomic mass is 32.2. The third-order valence-corrected chi connectivity index (χ3v) is 4.48. The number of rotatable bonds is 4. The highest BCUT2D eigenvalue weighted by molar-refractivity contribution is 7.91. The average molecular weight is 292 g/mol. The lowest BCUT2D eigenvalue weighted by Crippen LogP contribution is -2.04. The van der Waals surface area contributed by atoms with E-state index in [-0.39, 0.29) is 22.0 Å². The fourth-order valence-corrected chi connectivity index (χ4v) is 3.09. The normalized spacial score (nSPS) is 11.2. The fraction of sp³-hybridized carbons (Fsp3) is 0.0714. The number of carboxylic acid groups (broad SMARTS) is 1. The van der Waals surface area contributed by atoms with Gasteiger partial charge in [-0.25, -0.2) is 8.42 Å². The molecule has 104 valence electrons. The second kappa shape index (κ2) is 5.34. The molecule has 2 aromatic rings. The molecule has 0 aromatic heterocycles. The van der Waals surface area contributed by atoms with Gasteiger partial charge in [0.05, 0.1) is 16.2 Å². The monoisotopic (exact) mass is 292 g/mol. The summed E-state index contributed by atoms with van der Waals surface area (Å²) in [6, 6.07) is 11.0. The smallest absolute Gasteiger partial charge is 0.307 e. The van der Waals surface area contributed by atoms with Crippen molar-refractivity contribution in [2.75, 3.05) is 0 Å². The molecule has 0 aliphatic carbocycles. The molecular weight excluding hydrogens is 280 g/mol. The number of hydrogen-bond donors (Lipinski definition) is 2. The number of aliphatic carboxylic acids is 1. The summed E-state index contributed by atoms with van der Waals surface area (Å²) >= 11 is 0. The zero-order valence-electron chi connectivity index (χ0n) is 10.4. The molecule has 6 heteroatoms. The van der Waals surface area contributed by atoms with Gasteiger partial charge in [0, 0.05) is 0 Å². The Morgan fingerprint density at radius 3 is 2.25 bits per heavy atom. The van der Waals surface area contributed by atoms with Gasteiger partial charge in [-0.1, -0.05) is 12.1 Å². The van der Waals surface area contributed by atoms with Crippen LogP contribution in [-0.4, -0.2) is 24.6 Å². The molecule has 0 saturated heterocycles. The van der Waals surface area contributed by atoms with Crippen LogP contribution in [0.1, 0.15) is 5.56 Å². The zero-order chi connectivity index (χ0) is 14.8. The van der Waals surface area contributed by atoms with Crippen LogP contribution in [0.25, 0.3) is 0 Å². The van der Waals surface area contributed by atoms with Gasteiger partial charge in [0.2, 0.25) is 9.84 Å². The molecule has 0 aliphatic rings. The molecular formula is C14H12O5S. The summed E-state index contributed by atoms with van der Waals surface area (Å²) < 4.78 is 24.7. The van der Waals surface area contributed by atoms with Gasteiger partial charge in [-0.05, 0) is 42.0 Å². The summed E-state index contributed by atoms with van der Waals surface area (Å²) in [4.78, 5) is 10.7. The van der Waals surface area contributed by atoms with Crippen LogP contribution in [0.2, 0.25) is 0 Å². The van der Waals surface area contributed by atoms with Gasteiger partial charge in [-0.2, -0.15) is 0 Å². The van der Waals surface area contributed by atoms with Crippen molar-refractivity contribution in [2.24, 2.45) is 0 Å². The molecule has 20 heavy (non-hydrogen) atoms. The van der Waals surface area contributed by atoms with E-state index in [0.717, 1.165) is 0 Å². The molecule has 0 amide bonds. The first-order valence-electron chi connectivity index (χ1n) is 5.74. The predicted molar refractivity (Wildman–Crippen MR) is 71.3 cm³/mol. The van der Waals surface area contributed by atoms with Crippen molar-refractivity contribution in [2.45, 2.75) is 16.2 Å². The van der Waals surface area contributed by atoms with Crippen LogP contribution in [0.5, 0.6) is 5.75 Å². The summed E-state index contributed by atoms with van der Waals surface area (Å²) in [5.41, 5.74) is 0.414. The third-order valence-electron chi connectivity index (χ3n) is 2.71. The maximum atomic E-state index is 12.4. The second-order valence-electron chi connectivity index (χ2n) is 4.22. The maximum Gasteiger partial charge on any atom is 0.307 e.